The molecule has 98 valence electrons. The summed E-state index contributed by atoms with van der Waals surface area (Å²) in [5.74, 6) is 0.678. The number of nitrogens with zero attached hydrogens (tertiary/aromatic N) is 1. The lowest BCUT2D eigenvalue weighted by atomic mass is 9.73. The van der Waals surface area contributed by atoms with Crippen molar-refractivity contribution >= 4 is 5.96 Å². The molecule has 0 aromatic carbocycles. The molecule has 1 atom stereocenters. The maximum absolute atomic E-state index is 6.04. The summed E-state index contributed by atoms with van der Waals surface area (Å²) in [4.78, 5) is 4.74. The third kappa shape index (κ3) is 3.36. The number of nitrogens with two attached hydrogens (primary N) is 1. The Kier molecular flexibility index (Phi) is 3.95. The van der Waals surface area contributed by atoms with Crippen molar-refractivity contribution in [3.63, 3.8) is 0 Å². The highest BCUT2D eigenvalue weighted by atomic mass is 15.1. The van der Waals surface area contributed by atoms with E-state index in [2.05, 4.69) is 19.2 Å². The van der Waals surface area contributed by atoms with Gasteiger partial charge >= 0.3 is 0 Å². The first kappa shape index (κ1) is 12.7. The summed E-state index contributed by atoms with van der Waals surface area (Å²) in [7, 11) is 0. The number of aliphatic imine (C=N–C) groups is 1. The van der Waals surface area contributed by atoms with Crippen LogP contribution in [0.15, 0.2) is 4.99 Å². The summed E-state index contributed by atoms with van der Waals surface area (Å²) in [6, 6.07) is 0.982. The van der Waals surface area contributed by atoms with Gasteiger partial charge in [-0.05, 0) is 31.1 Å². The average Bonchev–Trinajstić information content (AvgIpc) is 2.73. The van der Waals surface area contributed by atoms with Gasteiger partial charge in [-0.2, -0.15) is 0 Å². The molecule has 2 fully saturated rings. The molecule has 2 saturated carbocycles. The standard InChI is InChI=1S/C14H27N3/c1-14(2)10-6-5-9-12(14)17-13(15)16-11-7-3-4-8-11/h11-12H,3-10H2,1-2H3,(H3,15,16,17). The number of guanidine groups is 1. The second-order valence-electron chi connectivity index (χ2n) is 6.39. The molecule has 3 nitrogen and oxygen atoms in total. The highest BCUT2D eigenvalue weighted by Gasteiger charge is 2.32. The smallest absolute Gasteiger partial charge is 0.189 e. The van der Waals surface area contributed by atoms with Crippen molar-refractivity contribution in [1.29, 1.82) is 0 Å². The van der Waals surface area contributed by atoms with Gasteiger partial charge in [0.15, 0.2) is 5.96 Å². The molecule has 2 aliphatic carbocycles. The first-order valence-corrected chi connectivity index (χ1v) is 7.18. The van der Waals surface area contributed by atoms with Crippen molar-refractivity contribution in [3.05, 3.63) is 0 Å². The quantitative estimate of drug-likeness (QED) is 0.573. The Labute approximate surface area is 105 Å². The highest BCUT2D eigenvalue weighted by molar-refractivity contribution is 5.78. The van der Waals surface area contributed by atoms with Crippen LogP contribution in [0.3, 0.4) is 0 Å². The van der Waals surface area contributed by atoms with E-state index in [4.69, 9.17) is 10.7 Å². The molecule has 0 heterocycles. The molecule has 0 aliphatic heterocycles. The molecular weight excluding hydrogens is 210 g/mol. The van der Waals surface area contributed by atoms with Crippen LogP contribution in [0.25, 0.3) is 0 Å². The van der Waals surface area contributed by atoms with Crippen LogP contribution in [0, 0.1) is 5.41 Å². The zero-order valence-electron chi connectivity index (χ0n) is 11.3. The largest absolute Gasteiger partial charge is 0.370 e. The molecule has 0 bridgehead atoms. The summed E-state index contributed by atoms with van der Waals surface area (Å²) in [6.07, 6.45) is 10.3. The molecule has 0 amide bonds. The number of nitrogens with one attached hydrogen (secondary N) is 1. The Bertz CT molecular complexity index is 277. The zero-order valence-corrected chi connectivity index (χ0v) is 11.3. The van der Waals surface area contributed by atoms with Crippen LogP contribution in [-0.4, -0.2) is 18.0 Å². The fourth-order valence-corrected chi connectivity index (χ4v) is 3.20. The number of hydrogen-bond acceptors (Lipinski definition) is 1. The van der Waals surface area contributed by atoms with Gasteiger partial charge in [-0.25, -0.2) is 4.99 Å². The van der Waals surface area contributed by atoms with E-state index in [1.807, 2.05) is 0 Å². The summed E-state index contributed by atoms with van der Waals surface area (Å²) in [5, 5.41) is 3.39. The van der Waals surface area contributed by atoms with Gasteiger partial charge in [0.05, 0.1) is 6.04 Å². The van der Waals surface area contributed by atoms with E-state index in [1.54, 1.807) is 0 Å². The minimum absolute atomic E-state index is 0.320. The maximum atomic E-state index is 6.04. The highest BCUT2D eigenvalue weighted by Crippen LogP contribution is 2.37. The number of rotatable bonds is 2. The van der Waals surface area contributed by atoms with E-state index in [-0.39, 0.29) is 0 Å². The summed E-state index contributed by atoms with van der Waals surface area (Å²) in [5.41, 5.74) is 6.36. The van der Waals surface area contributed by atoms with Gasteiger partial charge in [0, 0.05) is 6.04 Å². The van der Waals surface area contributed by atoms with E-state index in [9.17, 15) is 0 Å². The molecule has 17 heavy (non-hydrogen) atoms. The number of hydrogen-bond donors (Lipinski definition) is 2. The van der Waals surface area contributed by atoms with Crippen molar-refractivity contribution in [3.8, 4) is 0 Å². The molecule has 0 radical (unpaired) electrons. The van der Waals surface area contributed by atoms with E-state index in [0.717, 1.165) is 0 Å². The molecule has 3 heteroatoms. The first-order chi connectivity index (χ1) is 8.08. The molecule has 2 rings (SSSR count). The van der Waals surface area contributed by atoms with Gasteiger partial charge in [-0.3, -0.25) is 0 Å². The van der Waals surface area contributed by atoms with Gasteiger partial charge in [0.2, 0.25) is 0 Å². The van der Waals surface area contributed by atoms with Crippen molar-refractivity contribution < 1.29 is 0 Å². The van der Waals surface area contributed by atoms with Crippen LogP contribution in [0.1, 0.15) is 65.2 Å². The Morgan fingerprint density at radius 1 is 1.12 bits per heavy atom. The van der Waals surface area contributed by atoms with Crippen molar-refractivity contribution in [1.82, 2.24) is 5.32 Å². The lowest BCUT2D eigenvalue weighted by molar-refractivity contribution is 0.203. The van der Waals surface area contributed by atoms with Crippen LogP contribution in [0.5, 0.6) is 0 Å². The third-order valence-electron chi connectivity index (χ3n) is 4.45. The van der Waals surface area contributed by atoms with Crippen molar-refractivity contribution in [2.24, 2.45) is 16.1 Å². The summed E-state index contributed by atoms with van der Waals surface area (Å²) in [6.45, 7) is 4.65. The normalized spacial score (nSPS) is 30.5. The van der Waals surface area contributed by atoms with Crippen LogP contribution in [0.4, 0.5) is 0 Å². The molecular formula is C14H27N3. The summed E-state index contributed by atoms with van der Waals surface area (Å²) >= 11 is 0. The monoisotopic (exact) mass is 237 g/mol. The van der Waals surface area contributed by atoms with Crippen LogP contribution >= 0.6 is 0 Å². The predicted octanol–water partition coefficient (Wildman–Crippen LogP) is 2.80. The van der Waals surface area contributed by atoms with E-state index < -0.39 is 0 Å². The molecule has 0 saturated heterocycles. The second-order valence-corrected chi connectivity index (χ2v) is 6.39. The maximum Gasteiger partial charge on any atom is 0.189 e. The topological polar surface area (TPSA) is 50.4 Å². The van der Waals surface area contributed by atoms with Crippen molar-refractivity contribution in [2.45, 2.75) is 77.3 Å². The van der Waals surface area contributed by atoms with E-state index >= 15 is 0 Å². The van der Waals surface area contributed by atoms with Gasteiger partial charge in [0.25, 0.3) is 0 Å². The summed E-state index contributed by atoms with van der Waals surface area (Å²) < 4.78 is 0. The zero-order chi connectivity index (χ0) is 12.3. The van der Waals surface area contributed by atoms with Crippen LogP contribution in [0.2, 0.25) is 0 Å². The Morgan fingerprint density at radius 2 is 1.76 bits per heavy atom. The Hall–Kier alpha value is -0.730. The van der Waals surface area contributed by atoms with E-state index in [0.29, 0.717) is 23.5 Å². The third-order valence-corrected chi connectivity index (χ3v) is 4.45. The predicted molar refractivity (Wildman–Crippen MR) is 73.1 cm³/mol. The molecule has 3 N–H and O–H groups in total. The first-order valence-electron chi connectivity index (χ1n) is 7.18. The molecule has 2 aliphatic rings. The molecule has 0 spiro atoms. The fraction of sp³-hybridized carbons (Fsp3) is 0.929. The molecule has 0 aromatic heterocycles. The fourth-order valence-electron chi connectivity index (χ4n) is 3.20. The SMILES string of the molecule is CC1(C)CCCCC1N=C(N)NC1CCCC1. The van der Waals surface area contributed by atoms with Gasteiger partial charge < -0.3 is 11.1 Å². The second kappa shape index (κ2) is 5.28. The van der Waals surface area contributed by atoms with Crippen LogP contribution < -0.4 is 11.1 Å². The van der Waals surface area contributed by atoms with Gasteiger partial charge in [-0.1, -0.05) is 39.5 Å². The molecule has 0 aromatic rings. The van der Waals surface area contributed by atoms with Crippen LogP contribution in [-0.2, 0) is 0 Å². The minimum Gasteiger partial charge on any atom is -0.370 e. The lowest BCUT2D eigenvalue weighted by Crippen LogP contribution is -2.41. The van der Waals surface area contributed by atoms with Crippen molar-refractivity contribution in [2.75, 3.05) is 0 Å². The molecule has 1 unspecified atom stereocenters. The van der Waals surface area contributed by atoms with Gasteiger partial charge in [0.1, 0.15) is 0 Å². The average molecular weight is 237 g/mol. The minimum atomic E-state index is 0.320. The Morgan fingerprint density at radius 3 is 2.41 bits per heavy atom. The Balaban J connectivity index is 1.91. The van der Waals surface area contributed by atoms with E-state index in [1.165, 1.54) is 51.4 Å². The lowest BCUT2D eigenvalue weighted by Gasteiger charge is -2.36. The van der Waals surface area contributed by atoms with Gasteiger partial charge in [-0.15, -0.1) is 0 Å².